The molecule has 1 saturated heterocycles. The van der Waals surface area contributed by atoms with Crippen LogP contribution in [0, 0.1) is 12.7 Å². The van der Waals surface area contributed by atoms with Crippen molar-refractivity contribution in [3.8, 4) is 0 Å². The van der Waals surface area contributed by atoms with Crippen LogP contribution in [-0.2, 0) is 0 Å². The van der Waals surface area contributed by atoms with E-state index < -0.39 is 0 Å². The maximum atomic E-state index is 13.6. The lowest BCUT2D eigenvalue weighted by molar-refractivity contribution is 0.0790. The molecule has 0 bridgehead atoms. The first-order chi connectivity index (χ1) is 10.1. The quantitative estimate of drug-likeness (QED) is 0.821. The van der Waals surface area contributed by atoms with Crippen LogP contribution in [0.15, 0.2) is 48.5 Å². The topological polar surface area (TPSA) is 20.3 Å². The van der Waals surface area contributed by atoms with Gasteiger partial charge in [0, 0.05) is 24.6 Å². The summed E-state index contributed by atoms with van der Waals surface area (Å²) >= 11 is 0. The predicted octanol–water partition coefficient (Wildman–Crippen LogP) is 3.76. The van der Waals surface area contributed by atoms with Crippen LogP contribution in [0.4, 0.5) is 4.39 Å². The Bertz CT molecular complexity index is 654. The molecule has 1 aliphatic heterocycles. The van der Waals surface area contributed by atoms with Gasteiger partial charge in [-0.1, -0.05) is 36.4 Å². The minimum absolute atomic E-state index is 0.0765. The molecule has 0 spiro atoms. The van der Waals surface area contributed by atoms with Gasteiger partial charge in [-0.25, -0.2) is 4.39 Å². The van der Waals surface area contributed by atoms with E-state index in [9.17, 15) is 9.18 Å². The Balaban J connectivity index is 1.74. The molecule has 3 rings (SSSR count). The predicted molar refractivity (Wildman–Crippen MR) is 80.8 cm³/mol. The largest absolute Gasteiger partial charge is 0.338 e. The van der Waals surface area contributed by atoms with Crippen LogP contribution < -0.4 is 0 Å². The highest BCUT2D eigenvalue weighted by Gasteiger charge is 2.28. The molecule has 108 valence electrons. The summed E-state index contributed by atoms with van der Waals surface area (Å²) in [4.78, 5) is 14.3. The number of aryl methyl sites for hydroxylation is 1. The van der Waals surface area contributed by atoms with Gasteiger partial charge in [0.25, 0.3) is 5.91 Å². The van der Waals surface area contributed by atoms with E-state index in [4.69, 9.17) is 0 Å². The standard InChI is InChI=1S/C18H18FNO/c1-13-7-8-15(11-17(13)19)18(21)20-10-9-16(12-20)14-5-3-2-4-6-14/h2-8,11,16H,9-10,12H2,1H3. The van der Waals surface area contributed by atoms with Crippen molar-refractivity contribution < 1.29 is 9.18 Å². The summed E-state index contributed by atoms with van der Waals surface area (Å²) in [6, 6.07) is 15.0. The maximum absolute atomic E-state index is 13.6. The van der Waals surface area contributed by atoms with Crippen LogP contribution in [-0.4, -0.2) is 23.9 Å². The number of likely N-dealkylation sites (tertiary alicyclic amines) is 1. The van der Waals surface area contributed by atoms with Gasteiger partial charge in [0.2, 0.25) is 0 Å². The Kier molecular flexibility index (Phi) is 3.74. The highest BCUT2D eigenvalue weighted by atomic mass is 19.1. The average molecular weight is 283 g/mol. The van der Waals surface area contributed by atoms with Crippen LogP contribution >= 0.6 is 0 Å². The lowest BCUT2D eigenvalue weighted by Gasteiger charge is -2.17. The van der Waals surface area contributed by atoms with Crippen LogP contribution in [0.3, 0.4) is 0 Å². The number of halogens is 1. The maximum Gasteiger partial charge on any atom is 0.253 e. The molecule has 1 fully saturated rings. The summed E-state index contributed by atoms with van der Waals surface area (Å²) in [5.41, 5.74) is 2.27. The van der Waals surface area contributed by atoms with Crippen molar-refractivity contribution >= 4 is 5.91 Å². The monoisotopic (exact) mass is 283 g/mol. The number of benzene rings is 2. The van der Waals surface area contributed by atoms with E-state index in [0.717, 1.165) is 13.0 Å². The van der Waals surface area contributed by atoms with Gasteiger partial charge in [0.05, 0.1) is 0 Å². The van der Waals surface area contributed by atoms with Crippen LogP contribution in [0.25, 0.3) is 0 Å². The molecule has 1 heterocycles. The first-order valence-electron chi connectivity index (χ1n) is 7.25. The van der Waals surface area contributed by atoms with Gasteiger partial charge in [-0.05, 0) is 36.6 Å². The lowest BCUT2D eigenvalue weighted by atomic mass is 9.99. The number of carbonyl (C=O) groups is 1. The van der Waals surface area contributed by atoms with E-state index in [1.165, 1.54) is 11.6 Å². The Morgan fingerprint density at radius 3 is 2.67 bits per heavy atom. The smallest absolute Gasteiger partial charge is 0.253 e. The summed E-state index contributed by atoms with van der Waals surface area (Å²) < 4.78 is 13.6. The minimum atomic E-state index is -0.320. The fourth-order valence-corrected chi connectivity index (χ4v) is 2.85. The van der Waals surface area contributed by atoms with Crippen molar-refractivity contribution in [1.29, 1.82) is 0 Å². The van der Waals surface area contributed by atoms with E-state index in [2.05, 4.69) is 12.1 Å². The molecule has 1 unspecified atom stereocenters. The third-order valence-corrected chi connectivity index (χ3v) is 4.17. The molecular formula is C18H18FNO. The van der Waals surface area contributed by atoms with Gasteiger partial charge in [-0.15, -0.1) is 0 Å². The fraction of sp³-hybridized carbons (Fsp3) is 0.278. The van der Waals surface area contributed by atoms with Crippen molar-refractivity contribution in [3.05, 3.63) is 71.0 Å². The molecule has 21 heavy (non-hydrogen) atoms. The molecule has 1 atom stereocenters. The van der Waals surface area contributed by atoms with Gasteiger partial charge in [-0.2, -0.15) is 0 Å². The zero-order valence-corrected chi connectivity index (χ0v) is 12.1. The molecular weight excluding hydrogens is 265 g/mol. The zero-order chi connectivity index (χ0) is 14.8. The molecule has 1 amide bonds. The third-order valence-electron chi connectivity index (χ3n) is 4.17. The van der Waals surface area contributed by atoms with Gasteiger partial charge >= 0.3 is 0 Å². The molecule has 0 saturated carbocycles. The van der Waals surface area contributed by atoms with E-state index in [0.29, 0.717) is 23.6 Å². The van der Waals surface area contributed by atoms with Gasteiger partial charge in [0.1, 0.15) is 5.82 Å². The average Bonchev–Trinajstić information content (AvgIpc) is 3.00. The SMILES string of the molecule is Cc1ccc(C(=O)N2CCC(c3ccccc3)C2)cc1F. The zero-order valence-electron chi connectivity index (χ0n) is 12.1. The van der Waals surface area contributed by atoms with Crippen molar-refractivity contribution in [3.63, 3.8) is 0 Å². The molecule has 3 heteroatoms. The Labute approximate surface area is 124 Å². The molecule has 0 N–H and O–H groups in total. The summed E-state index contributed by atoms with van der Waals surface area (Å²) in [5.74, 6) is -0.0163. The van der Waals surface area contributed by atoms with E-state index in [1.807, 2.05) is 23.1 Å². The molecule has 0 aliphatic carbocycles. The summed E-state index contributed by atoms with van der Waals surface area (Å²) in [6.45, 7) is 3.14. The second-order valence-corrected chi connectivity index (χ2v) is 5.61. The normalized spacial score (nSPS) is 18.0. The second kappa shape index (κ2) is 5.68. The van der Waals surface area contributed by atoms with Gasteiger partial charge in [-0.3, -0.25) is 4.79 Å². The number of rotatable bonds is 2. The van der Waals surface area contributed by atoms with Crippen molar-refractivity contribution in [2.75, 3.05) is 13.1 Å². The number of carbonyl (C=O) groups excluding carboxylic acids is 1. The molecule has 0 aromatic heterocycles. The highest BCUT2D eigenvalue weighted by Crippen LogP contribution is 2.28. The minimum Gasteiger partial charge on any atom is -0.338 e. The third kappa shape index (κ3) is 2.82. The molecule has 0 radical (unpaired) electrons. The second-order valence-electron chi connectivity index (χ2n) is 5.61. The fourth-order valence-electron chi connectivity index (χ4n) is 2.85. The number of hydrogen-bond donors (Lipinski definition) is 0. The van der Waals surface area contributed by atoms with Crippen molar-refractivity contribution in [2.24, 2.45) is 0 Å². The Morgan fingerprint density at radius 2 is 1.95 bits per heavy atom. The summed E-state index contributed by atoms with van der Waals surface area (Å²) in [6.07, 6.45) is 0.962. The first kappa shape index (κ1) is 13.8. The van der Waals surface area contributed by atoms with E-state index >= 15 is 0 Å². The van der Waals surface area contributed by atoms with E-state index in [-0.39, 0.29) is 11.7 Å². The van der Waals surface area contributed by atoms with Crippen LogP contribution in [0.1, 0.15) is 33.8 Å². The highest BCUT2D eigenvalue weighted by molar-refractivity contribution is 5.94. The molecule has 1 aliphatic rings. The van der Waals surface area contributed by atoms with Crippen molar-refractivity contribution in [2.45, 2.75) is 19.3 Å². The van der Waals surface area contributed by atoms with Gasteiger partial charge in [0.15, 0.2) is 0 Å². The number of amides is 1. The van der Waals surface area contributed by atoms with Crippen molar-refractivity contribution in [1.82, 2.24) is 4.90 Å². The molecule has 2 aromatic rings. The first-order valence-corrected chi connectivity index (χ1v) is 7.25. The lowest BCUT2D eigenvalue weighted by Crippen LogP contribution is -2.28. The van der Waals surface area contributed by atoms with Crippen LogP contribution in [0.2, 0.25) is 0 Å². The number of hydrogen-bond acceptors (Lipinski definition) is 1. The molecule has 2 aromatic carbocycles. The van der Waals surface area contributed by atoms with Crippen LogP contribution in [0.5, 0.6) is 0 Å². The Morgan fingerprint density at radius 1 is 1.19 bits per heavy atom. The number of nitrogens with zero attached hydrogens (tertiary/aromatic N) is 1. The molecule has 2 nitrogen and oxygen atoms in total. The Hall–Kier alpha value is -2.16. The summed E-state index contributed by atoms with van der Waals surface area (Å²) in [5, 5.41) is 0. The van der Waals surface area contributed by atoms with Gasteiger partial charge < -0.3 is 4.90 Å². The summed E-state index contributed by atoms with van der Waals surface area (Å²) in [7, 11) is 0. The van der Waals surface area contributed by atoms with E-state index in [1.54, 1.807) is 19.1 Å².